The molecule has 0 aromatic heterocycles. The van der Waals surface area contributed by atoms with Gasteiger partial charge in [0.05, 0.1) is 0 Å². The third kappa shape index (κ3) is 8.46. The van der Waals surface area contributed by atoms with Gasteiger partial charge >= 0.3 is 0 Å². The number of unbranched alkanes of at least 4 members (excludes halogenated alkanes) is 2. The van der Waals surface area contributed by atoms with Gasteiger partial charge in [0.2, 0.25) is 0 Å². The van der Waals surface area contributed by atoms with E-state index in [9.17, 15) is 9.50 Å². The first-order valence-corrected chi connectivity index (χ1v) is 17.5. The predicted octanol–water partition coefficient (Wildman–Crippen LogP) is 8.49. The molecule has 35 heavy (non-hydrogen) atoms. The molecule has 2 aliphatic carbocycles. The van der Waals surface area contributed by atoms with E-state index < -0.39 is 6.10 Å². The average molecular weight is 497 g/mol. The van der Waals surface area contributed by atoms with Crippen molar-refractivity contribution < 1.29 is 9.50 Å². The number of aliphatic hydroxyl groups excluding tert-OH is 1. The second-order valence-electron chi connectivity index (χ2n) is 12.2. The minimum Gasteiger partial charge on any atom is -0.380 e. The van der Waals surface area contributed by atoms with Crippen molar-refractivity contribution >= 4 is 8.80 Å². The Balaban J connectivity index is 1.11. The Morgan fingerprint density at radius 1 is 0.886 bits per heavy atom. The van der Waals surface area contributed by atoms with Crippen LogP contribution in [0.25, 0.3) is 0 Å². The largest absolute Gasteiger partial charge is 0.380 e. The van der Waals surface area contributed by atoms with Gasteiger partial charge < -0.3 is 5.11 Å². The second kappa shape index (κ2) is 14.0. The number of aliphatic hydroxyl groups is 1. The topological polar surface area (TPSA) is 20.2 Å². The Hall–Kier alpha value is -1.11. The molecule has 0 amide bonds. The number of halogens is 1. The first kappa shape index (κ1) is 26.9. The first-order valence-electron chi connectivity index (χ1n) is 15.0. The molecule has 3 aliphatic rings. The summed E-state index contributed by atoms with van der Waals surface area (Å²) in [6.07, 6.45) is 17.7. The van der Waals surface area contributed by atoms with E-state index in [4.69, 9.17) is 0 Å². The van der Waals surface area contributed by atoms with Crippen molar-refractivity contribution in [1.82, 2.24) is 0 Å². The molecule has 1 saturated heterocycles. The summed E-state index contributed by atoms with van der Waals surface area (Å²) >= 11 is 0. The number of hydrogen-bond donors (Lipinski definition) is 1. The van der Waals surface area contributed by atoms with Gasteiger partial charge in [-0.2, -0.15) is 0 Å². The van der Waals surface area contributed by atoms with Gasteiger partial charge in [0.25, 0.3) is 0 Å². The highest BCUT2D eigenvalue weighted by Gasteiger charge is 2.31. The molecule has 1 heterocycles. The van der Waals surface area contributed by atoms with E-state index in [1.165, 1.54) is 63.4 Å². The summed E-state index contributed by atoms with van der Waals surface area (Å²) in [4.78, 5) is 0. The lowest BCUT2D eigenvalue weighted by Crippen LogP contribution is -2.29. The van der Waals surface area contributed by atoms with Crippen molar-refractivity contribution in [2.45, 2.75) is 127 Å². The van der Waals surface area contributed by atoms with Crippen LogP contribution >= 0.6 is 0 Å². The molecule has 0 radical (unpaired) electrons. The summed E-state index contributed by atoms with van der Waals surface area (Å²) < 4.78 is 13.2. The van der Waals surface area contributed by atoms with Gasteiger partial charge in [-0.1, -0.05) is 94.0 Å². The van der Waals surface area contributed by atoms with Gasteiger partial charge in [0.15, 0.2) is 0 Å². The standard InChI is InChI=1S/C32H49FOSi/c1-2-3-4-21-35-22-19-30(20-23-35)28-12-7-26(8-13-28)24-32(34)18-9-25-5-10-27(11-6-25)29-14-16-31(33)17-15-29/h14-17,25-28,30,32,34-35H,2-8,10-13,19-24H2,1H3/t25?,26-,27?,28-,30-,32?,35-. The van der Waals surface area contributed by atoms with Crippen LogP contribution in [0.2, 0.25) is 18.1 Å². The molecule has 0 spiro atoms. The summed E-state index contributed by atoms with van der Waals surface area (Å²) in [5.74, 6) is 10.1. The fourth-order valence-corrected chi connectivity index (χ4v) is 11.0. The van der Waals surface area contributed by atoms with Crippen LogP contribution in [0.4, 0.5) is 4.39 Å². The Labute approximate surface area is 216 Å². The summed E-state index contributed by atoms with van der Waals surface area (Å²) in [6.45, 7) is 2.32. The van der Waals surface area contributed by atoms with E-state index in [0.717, 1.165) is 43.9 Å². The van der Waals surface area contributed by atoms with Crippen LogP contribution in [0.5, 0.6) is 0 Å². The third-order valence-electron chi connectivity index (χ3n) is 9.74. The van der Waals surface area contributed by atoms with Crippen LogP contribution in [-0.2, 0) is 0 Å². The molecule has 1 aromatic rings. The highest BCUT2D eigenvalue weighted by molar-refractivity contribution is 6.58. The van der Waals surface area contributed by atoms with Crippen LogP contribution in [0.15, 0.2) is 24.3 Å². The van der Waals surface area contributed by atoms with Gasteiger partial charge in [-0.05, 0) is 86.3 Å². The summed E-state index contributed by atoms with van der Waals surface area (Å²) in [5.41, 5.74) is 1.26. The second-order valence-corrected chi connectivity index (χ2v) is 15.7. The highest BCUT2D eigenvalue weighted by atomic mass is 28.3. The van der Waals surface area contributed by atoms with Gasteiger partial charge in [0, 0.05) is 14.7 Å². The van der Waals surface area contributed by atoms with Crippen LogP contribution in [0.3, 0.4) is 0 Å². The minimum absolute atomic E-state index is 0.155. The van der Waals surface area contributed by atoms with Crippen molar-refractivity contribution in [1.29, 1.82) is 0 Å². The van der Waals surface area contributed by atoms with Crippen molar-refractivity contribution in [3.05, 3.63) is 35.6 Å². The number of rotatable bonds is 8. The van der Waals surface area contributed by atoms with E-state index in [1.807, 2.05) is 12.1 Å². The maximum absolute atomic E-state index is 13.2. The summed E-state index contributed by atoms with van der Waals surface area (Å²) in [7, 11) is -0.387. The summed E-state index contributed by atoms with van der Waals surface area (Å²) in [6, 6.07) is 11.9. The maximum atomic E-state index is 13.2. The molecule has 4 rings (SSSR count). The van der Waals surface area contributed by atoms with Crippen molar-refractivity contribution in [2.24, 2.45) is 23.7 Å². The molecule has 3 fully saturated rings. The van der Waals surface area contributed by atoms with Crippen LogP contribution in [0, 0.1) is 41.3 Å². The van der Waals surface area contributed by atoms with Gasteiger partial charge in [-0.25, -0.2) is 4.39 Å². The van der Waals surface area contributed by atoms with Crippen molar-refractivity contribution in [3.63, 3.8) is 0 Å². The van der Waals surface area contributed by atoms with E-state index in [0.29, 0.717) is 17.8 Å². The molecule has 0 bridgehead atoms. The van der Waals surface area contributed by atoms with Crippen LogP contribution < -0.4 is 0 Å². The van der Waals surface area contributed by atoms with E-state index >= 15 is 0 Å². The van der Waals surface area contributed by atoms with Crippen molar-refractivity contribution in [3.8, 4) is 11.8 Å². The zero-order chi connectivity index (χ0) is 24.5. The smallest absolute Gasteiger partial charge is 0.123 e. The molecule has 1 N–H and O–H groups in total. The molecule has 1 unspecified atom stereocenters. The zero-order valence-electron chi connectivity index (χ0n) is 22.2. The molecule has 194 valence electrons. The van der Waals surface area contributed by atoms with E-state index in [2.05, 4.69) is 18.8 Å². The minimum atomic E-state index is -0.448. The molecule has 1 aromatic carbocycles. The number of hydrogen-bond acceptors (Lipinski definition) is 1. The van der Waals surface area contributed by atoms with Crippen LogP contribution in [-0.4, -0.2) is 20.0 Å². The SMILES string of the molecule is CCCCC[Si@H]1CC[C@H]([C@H]2CC[C@H](CC(O)C#CC3CCC(c4ccc(F)cc4)CC3)CC2)CC1. The van der Waals surface area contributed by atoms with Gasteiger partial charge in [0.1, 0.15) is 11.9 Å². The Kier molecular flexibility index (Phi) is 10.8. The van der Waals surface area contributed by atoms with E-state index in [1.54, 1.807) is 30.3 Å². The lowest BCUT2D eigenvalue weighted by Gasteiger charge is -2.37. The molecule has 2 saturated carbocycles. The Morgan fingerprint density at radius 2 is 1.54 bits per heavy atom. The molecule has 1 atom stereocenters. The lowest BCUT2D eigenvalue weighted by atomic mass is 9.73. The average Bonchev–Trinajstić information content (AvgIpc) is 2.89. The highest BCUT2D eigenvalue weighted by Crippen LogP contribution is 2.42. The molecule has 1 nitrogen and oxygen atoms in total. The Bertz CT molecular complexity index is 787. The number of benzene rings is 1. The molecular formula is C32H49FOSi. The molecule has 3 heteroatoms. The monoisotopic (exact) mass is 496 g/mol. The predicted molar refractivity (Wildman–Crippen MR) is 149 cm³/mol. The molecule has 1 aliphatic heterocycles. The third-order valence-corrected chi connectivity index (χ3v) is 13.3. The first-order chi connectivity index (χ1) is 17.1. The Morgan fingerprint density at radius 3 is 2.20 bits per heavy atom. The fraction of sp³-hybridized carbons (Fsp3) is 0.750. The van der Waals surface area contributed by atoms with Crippen LogP contribution in [0.1, 0.15) is 108 Å². The quantitative estimate of drug-likeness (QED) is 0.217. The van der Waals surface area contributed by atoms with E-state index in [-0.39, 0.29) is 14.6 Å². The summed E-state index contributed by atoms with van der Waals surface area (Å²) in [5, 5.41) is 10.6. The van der Waals surface area contributed by atoms with Gasteiger partial charge in [-0.3, -0.25) is 0 Å². The normalized spacial score (nSPS) is 32.4. The maximum Gasteiger partial charge on any atom is 0.123 e. The lowest BCUT2D eigenvalue weighted by molar-refractivity contribution is 0.142. The fourth-order valence-electron chi connectivity index (χ4n) is 7.42. The van der Waals surface area contributed by atoms with Gasteiger partial charge in [-0.15, -0.1) is 0 Å². The zero-order valence-corrected chi connectivity index (χ0v) is 23.4. The molecular weight excluding hydrogens is 447 g/mol. The van der Waals surface area contributed by atoms with Crippen molar-refractivity contribution in [2.75, 3.05) is 0 Å².